The second kappa shape index (κ2) is 11.6. The summed E-state index contributed by atoms with van der Waals surface area (Å²) < 4.78 is 17.0. The number of amides is 1. The molecular formula is C32H35NO6. The molecule has 39 heavy (non-hydrogen) atoms. The van der Waals surface area contributed by atoms with E-state index in [1.165, 1.54) is 12.0 Å². The van der Waals surface area contributed by atoms with Gasteiger partial charge in [0.2, 0.25) is 0 Å². The average molecular weight is 530 g/mol. The Balaban J connectivity index is 1.96. The fourth-order valence-corrected chi connectivity index (χ4v) is 4.91. The van der Waals surface area contributed by atoms with Gasteiger partial charge < -0.3 is 19.3 Å². The minimum absolute atomic E-state index is 0.00610. The lowest BCUT2D eigenvalue weighted by atomic mass is 9.93. The van der Waals surface area contributed by atoms with Crippen molar-refractivity contribution in [3.05, 3.63) is 88.5 Å². The van der Waals surface area contributed by atoms with E-state index in [9.17, 15) is 14.7 Å². The number of anilines is 1. The summed E-state index contributed by atoms with van der Waals surface area (Å²) in [6.07, 6.45) is 0. The van der Waals surface area contributed by atoms with Crippen LogP contribution in [0.3, 0.4) is 0 Å². The van der Waals surface area contributed by atoms with Crippen LogP contribution in [0.25, 0.3) is 5.76 Å². The number of benzene rings is 3. The van der Waals surface area contributed by atoms with Crippen molar-refractivity contribution >= 4 is 23.1 Å². The van der Waals surface area contributed by atoms with Gasteiger partial charge in [-0.2, -0.15) is 0 Å². The highest BCUT2D eigenvalue weighted by molar-refractivity contribution is 6.51. The second-order valence-electron chi connectivity index (χ2n) is 9.69. The maximum Gasteiger partial charge on any atom is 0.300 e. The van der Waals surface area contributed by atoms with E-state index < -0.39 is 17.7 Å². The first kappa shape index (κ1) is 27.8. The molecule has 0 spiro atoms. The van der Waals surface area contributed by atoms with Crippen LogP contribution >= 0.6 is 0 Å². The number of aryl methyl sites for hydroxylation is 1. The third kappa shape index (κ3) is 5.35. The van der Waals surface area contributed by atoms with Crippen molar-refractivity contribution in [2.24, 2.45) is 0 Å². The van der Waals surface area contributed by atoms with Gasteiger partial charge in [-0.3, -0.25) is 14.5 Å². The smallest absolute Gasteiger partial charge is 0.300 e. The molecule has 3 aromatic rings. The molecule has 4 rings (SSSR count). The van der Waals surface area contributed by atoms with Gasteiger partial charge >= 0.3 is 0 Å². The number of nitrogens with zero attached hydrogens (tertiary/aromatic N) is 1. The van der Waals surface area contributed by atoms with Gasteiger partial charge in [-0.05, 0) is 85.8 Å². The number of ether oxygens (including phenoxy) is 3. The van der Waals surface area contributed by atoms with Crippen molar-refractivity contribution in [1.29, 1.82) is 0 Å². The SMILES string of the molecule is CCOc1ccc(C2/C(=C(\O)c3ccc(OCC)c(C(C)C)c3)C(=O)C(=O)N2c2cccc(C)c2)cc1OC. The first-order chi connectivity index (χ1) is 18.7. The van der Waals surface area contributed by atoms with Gasteiger partial charge in [0.25, 0.3) is 11.7 Å². The second-order valence-corrected chi connectivity index (χ2v) is 9.69. The van der Waals surface area contributed by atoms with Crippen LogP contribution < -0.4 is 19.1 Å². The molecule has 3 aromatic carbocycles. The van der Waals surface area contributed by atoms with Gasteiger partial charge in [-0.1, -0.05) is 32.0 Å². The lowest BCUT2D eigenvalue weighted by Crippen LogP contribution is -2.29. The van der Waals surface area contributed by atoms with Crippen molar-refractivity contribution < 1.29 is 28.9 Å². The number of aliphatic hydroxyl groups is 1. The van der Waals surface area contributed by atoms with E-state index in [1.807, 2.05) is 58.9 Å². The molecule has 0 saturated carbocycles. The number of rotatable bonds is 9. The van der Waals surface area contributed by atoms with Crippen LogP contribution in [-0.4, -0.2) is 37.1 Å². The molecule has 7 nitrogen and oxygen atoms in total. The maximum atomic E-state index is 13.6. The zero-order valence-electron chi connectivity index (χ0n) is 23.3. The Morgan fingerprint density at radius 2 is 1.62 bits per heavy atom. The number of ketones is 1. The molecule has 0 radical (unpaired) electrons. The van der Waals surface area contributed by atoms with E-state index >= 15 is 0 Å². The molecule has 1 aliphatic rings. The summed E-state index contributed by atoms with van der Waals surface area (Å²) in [5.41, 5.74) is 3.44. The summed E-state index contributed by atoms with van der Waals surface area (Å²) in [4.78, 5) is 28.6. The van der Waals surface area contributed by atoms with Crippen molar-refractivity contribution in [3.63, 3.8) is 0 Å². The number of carbonyl (C=O) groups excluding carboxylic acids is 2. The van der Waals surface area contributed by atoms with E-state index in [-0.39, 0.29) is 17.3 Å². The summed E-state index contributed by atoms with van der Waals surface area (Å²) in [7, 11) is 1.53. The van der Waals surface area contributed by atoms with Crippen LogP contribution in [0.2, 0.25) is 0 Å². The predicted molar refractivity (Wildman–Crippen MR) is 152 cm³/mol. The minimum atomic E-state index is -0.884. The molecule has 0 aliphatic carbocycles. The van der Waals surface area contributed by atoms with E-state index in [2.05, 4.69) is 0 Å². The summed E-state index contributed by atoms with van der Waals surface area (Å²) in [6, 6.07) is 17.1. The summed E-state index contributed by atoms with van der Waals surface area (Å²) in [5, 5.41) is 11.6. The third-order valence-electron chi connectivity index (χ3n) is 6.73. The van der Waals surface area contributed by atoms with E-state index in [4.69, 9.17) is 14.2 Å². The minimum Gasteiger partial charge on any atom is -0.507 e. The molecule has 7 heteroatoms. The van der Waals surface area contributed by atoms with Crippen LogP contribution in [0, 0.1) is 6.92 Å². The van der Waals surface area contributed by atoms with Crippen molar-refractivity contribution in [2.45, 2.75) is 46.6 Å². The average Bonchev–Trinajstić information content (AvgIpc) is 3.19. The number of hydrogen-bond acceptors (Lipinski definition) is 6. The van der Waals surface area contributed by atoms with Crippen LogP contribution in [0.5, 0.6) is 17.2 Å². The first-order valence-electron chi connectivity index (χ1n) is 13.2. The molecule has 1 atom stereocenters. The Labute approximate surface area is 229 Å². The number of hydrogen-bond donors (Lipinski definition) is 1. The Morgan fingerprint density at radius 1 is 0.923 bits per heavy atom. The Kier molecular flexibility index (Phi) is 8.29. The molecule has 204 valence electrons. The molecule has 1 saturated heterocycles. The standard InChI is InChI=1S/C32H35NO6/c1-7-38-25-14-13-22(17-24(25)19(3)4)30(34)28-29(21-12-15-26(39-8-2)27(18-21)37-6)33(32(36)31(28)35)23-11-9-10-20(5)16-23/h9-19,29,34H,7-8H2,1-6H3/b30-28+. The third-order valence-corrected chi connectivity index (χ3v) is 6.73. The molecule has 1 N–H and O–H groups in total. The Bertz CT molecular complexity index is 1420. The topological polar surface area (TPSA) is 85.3 Å². The van der Waals surface area contributed by atoms with E-state index in [1.54, 1.807) is 36.4 Å². The summed E-state index contributed by atoms with van der Waals surface area (Å²) in [6.45, 7) is 10.7. The maximum absolute atomic E-state index is 13.6. The van der Waals surface area contributed by atoms with Crippen LogP contribution in [0.4, 0.5) is 5.69 Å². The molecule has 1 heterocycles. The molecule has 1 aliphatic heterocycles. The lowest BCUT2D eigenvalue weighted by molar-refractivity contribution is -0.132. The molecule has 0 aromatic heterocycles. The largest absolute Gasteiger partial charge is 0.507 e. The fraction of sp³-hybridized carbons (Fsp3) is 0.312. The Morgan fingerprint density at radius 3 is 2.26 bits per heavy atom. The van der Waals surface area contributed by atoms with Crippen LogP contribution in [0.1, 0.15) is 61.9 Å². The van der Waals surface area contributed by atoms with Crippen LogP contribution in [0.15, 0.2) is 66.2 Å². The zero-order chi connectivity index (χ0) is 28.3. The normalized spacial score (nSPS) is 16.6. The van der Waals surface area contributed by atoms with Gasteiger partial charge in [0.05, 0.1) is 31.9 Å². The monoisotopic (exact) mass is 529 g/mol. The van der Waals surface area contributed by atoms with Gasteiger partial charge in [0.1, 0.15) is 11.5 Å². The van der Waals surface area contributed by atoms with E-state index in [0.717, 1.165) is 16.9 Å². The Hall–Kier alpha value is -4.26. The highest BCUT2D eigenvalue weighted by Crippen LogP contribution is 2.44. The fourth-order valence-electron chi connectivity index (χ4n) is 4.91. The van der Waals surface area contributed by atoms with Crippen LogP contribution in [-0.2, 0) is 9.59 Å². The van der Waals surface area contributed by atoms with Gasteiger partial charge in [0.15, 0.2) is 11.5 Å². The van der Waals surface area contributed by atoms with Crippen molar-refractivity contribution in [1.82, 2.24) is 0 Å². The highest BCUT2D eigenvalue weighted by atomic mass is 16.5. The lowest BCUT2D eigenvalue weighted by Gasteiger charge is -2.26. The van der Waals surface area contributed by atoms with Gasteiger partial charge in [0, 0.05) is 11.3 Å². The molecule has 1 fully saturated rings. The molecule has 1 unspecified atom stereocenters. The summed E-state index contributed by atoms with van der Waals surface area (Å²) >= 11 is 0. The summed E-state index contributed by atoms with van der Waals surface area (Å²) in [5.74, 6) is 0.127. The molecular weight excluding hydrogens is 494 g/mol. The number of aliphatic hydroxyl groups excluding tert-OH is 1. The van der Waals surface area contributed by atoms with Crippen molar-refractivity contribution in [2.75, 3.05) is 25.2 Å². The predicted octanol–water partition coefficient (Wildman–Crippen LogP) is 6.55. The zero-order valence-corrected chi connectivity index (χ0v) is 23.3. The quantitative estimate of drug-likeness (QED) is 0.192. The highest BCUT2D eigenvalue weighted by Gasteiger charge is 2.47. The van der Waals surface area contributed by atoms with E-state index in [0.29, 0.717) is 41.5 Å². The van der Waals surface area contributed by atoms with Gasteiger partial charge in [-0.15, -0.1) is 0 Å². The van der Waals surface area contributed by atoms with Gasteiger partial charge in [-0.25, -0.2) is 0 Å². The first-order valence-corrected chi connectivity index (χ1v) is 13.2. The van der Waals surface area contributed by atoms with Crippen molar-refractivity contribution in [3.8, 4) is 17.2 Å². The molecule has 0 bridgehead atoms. The molecule has 1 amide bonds. The number of methoxy groups -OCH3 is 1. The number of carbonyl (C=O) groups is 2. The number of Topliss-reactive ketones (excluding diaryl/α,β-unsaturated/α-hetero) is 1.